The summed E-state index contributed by atoms with van der Waals surface area (Å²) in [6, 6.07) is 18.8. The number of benzene rings is 2. The number of ether oxygens (including phenoxy) is 1. The van der Waals surface area contributed by atoms with Crippen molar-refractivity contribution in [1.29, 1.82) is 0 Å². The molecule has 1 aliphatic heterocycles. The molecule has 2 aromatic carbocycles. The number of hydrogen-bond donors (Lipinski definition) is 0. The molecule has 138 valence electrons. The van der Waals surface area contributed by atoms with Gasteiger partial charge in [0, 0.05) is 19.6 Å². The Hall–Kier alpha value is -2.17. The van der Waals surface area contributed by atoms with Crippen LogP contribution in [-0.2, 0) is 16.1 Å². The van der Waals surface area contributed by atoms with Gasteiger partial charge in [-0.15, -0.1) is 0 Å². The Balaban J connectivity index is 1.64. The van der Waals surface area contributed by atoms with Gasteiger partial charge in [0.25, 0.3) is 0 Å². The van der Waals surface area contributed by atoms with Gasteiger partial charge in [-0.25, -0.2) is 0 Å². The topological polar surface area (TPSA) is 32.8 Å². The second-order valence-corrected chi connectivity index (χ2v) is 6.94. The fourth-order valence-electron chi connectivity index (χ4n) is 3.43. The van der Waals surface area contributed by atoms with E-state index in [0.717, 1.165) is 13.0 Å². The van der Waals surface area contributed by atoms with Gasteiger partial charge in [0.05, 0.1) is 19.3 Å². The minimum atomic E-state index is 0.178. The number of hydrogen-bond acceptors (Lipinski definition) is 3. The lowest BCUT2D eigenvalue weighted by Gasteiger charge is -2.33. The summed E-state index contributed by atoms with van der Waals surface area (Å²) in [4.78, 5) is 16.7. The molecule has 0 saturated carbocycles. The zero-order valence-corrected chi connectivity index (χ0v) is 15.7. The molecule has 0 radical (unpaired) electrons. The SMILES string of the molecule is CCC1CN(C(=O)CN(C)Cc2ccccc2-c2ccccc2)CCO1. The van der Waals surface area contributed by atoms with Crippen LogP contribution in [0.25, 0.3) is 11.1 Å². The van der Waals surface area contributed by atoms with Crippen molar-refractivity contribution >= 4 is 5.91 Å². The highest BCUT2D eigenvalue weighted by atomic mass is 16.5. The van der Waals surface area contributed by atoms with Gasteiger partial charge in [-0.2, -0.15) is 0 Å². The largest absolute Gasteiger partial charge is 0.375 e. The molecule has 3 rings (SSSR count). The third-order valence-corrected chi connectivity index (χ3v) is 4.89. The van der Waals surface area contributed by atoms with E-state index in [-0.39, 0.29) is 12.0 Å². The van der Waals surface area contributed by atoms with E-state index < -0.39 is 0 Å². The van der Waals surface area contributed by atoms with E-state index in [1.807, 2.05) is 18.0 Å². The summed E-state index contributed by atoms with van der Waals surface area (Å²) in [5, 5.41) is 0. The van der Waals surface area contributed by atoms with Gasteiger partial charge < -0.3 is 9.64 Å². The van der Waals surface area contributed by atoms with E-state index in [9.17, 15) is 4.79 Å². The summed E-state index contributed by atoms with van der Waals surface area (Å²) in [6.45, 7) is 5.33. The molecule has 1 fully saturated rings. The minimum absolute atomic E-state index is 0.178. The highest BCUT2D eigenvalue weighted by Gasteiger charge is 2.23. The maximum Gasteiger partial charge on any atom is 0.236 e. The Bertz CT molecular complexity index is 717. The molecule has 26 heavy (non-hydrogen) atoms. The molecular formula is C22H28N2O2. The Morgan fingerprint density at radius 2 is 1.88 bits per heavy atom. The van der Waals surface area contributed by atoms with E-state index in [1.54, 1.807) is 0 Å². The van der Waals surface area contributed by atoms with Gasteiger partial charge in [-0.3, -0.25) is 9.69 Å². The van der Waals surface area contributed by atoms with Crippen LogP contribution in [0.15, 0.2) is 54.6 Å². The molecule has 4 heteroatoms. The minimum Gasteiger partial charge on any atom is -0.375 e. The Kier molecular flexibility index (Phi) is 6.42. The molecule has 0 aliphatic carbocycles. The van der Waals surface area contributed by atoms with E-state index in [1.165, 1.54) is 16.7 Å². The van der Waals surface area contributed by atoms with Crippen LogP contribution < -0.4 is 0 Å². The third-order valence-electron chi connectivity index (χ3n) is 4.89. The lowest BCUT2D eigenvalue weighted by molar-refractivity contribution is -0.139. The average Bonchev–Trinajstić information content (AvgIpc) is 2.69. The summed E-state index contributed by atoms with van der Waals surface area (Å²) in [6.07, 6.45) is 1.13. The average molecular weight is 352 g/mol. The number of rotatable bonds is 6. The summed E-state index contributed by atoms with van der Waals surface area (Å²) in [5.74, 6) is 0.187. The van der Waals surface area contributed by atoms with E-state index in [2.05, 4.69) is 60.4 Å². The van der Waals surface area contributed by atoms with Crippen molar-refractivity contribution in [3.05, 3.63) is 60.2 Å². The first-order chi connectivity index (χ1) is 12.7. The van der Waals surface area contributed by atoms with Crippen LogP contribution in [-0.4, -0.2) is 55.1 Å². The number of amides is 1. The third kappa shape index (κ3) is 4.71. The van der Waals surface area contributed by atoms with Gasteiger partial charge >= 0.3 is 0 Å². The zero-order valence-electron chi connectivity index (χ0n) is 15.7. The van der Waals surface area contributed by atoms with Crippen LogP contribution in [0.4, 0.5) is 0 Å². The van der Waals surface area contributed by atoms with Gasteiger partial charge in [0.15, 0.2) is 0 Å². The first-order valence-electron chi connectivity index (χ1n) is 9.38. The predicted octanol–water partition coefficient (Wildman–Crippen LogP) is 3.42. The van der Waals surface area contributed by atoms with Crippen LogP contribution in [0.3, 0.4) is 0 Å². The molecule has 1 heterocycles. The molecule has 0 spiro atoms. The molecule has 0 N–H and O–H groups in total. The van der Waals surface area contributed by atoms with E-state index in [4.69, 9.17) is 4.74 Å². The number of morpholine rings is 1. The molecule has 2 aromatic rings. The number of nitrogens with zero attached hydrogens (tertiary/aromatic N) is 2. The Morgan fingerprint density at radius 3 is 2.65 bits per heavy atom. The van der Waals surface area contributed by atoms with Crippen LogP contribution in [0.1, 0.15) is 18.9 Å². The molecule has 1 atom stereocenters. The second kappa shape index (κ2) is 8.97. The van der Waals surface area contributed by atoms with Crippen LogP contribution in [0, 0.1) is 0 Å². The first-order valence-corrected chi connectivity index (χ1v) is 9.38. The quantitative estimate of drug-likeness (QED) is 0.799. The van der Waals surface area contributed by atoms with Gasteiger partial charge in [-0.1, -0.05) is 61.5 Å². The lowest BCUT2D eigenvalue weighted by atomic mass is 9.99. The summed E-state index contributed by atoms with van der Waals surface area (Å²) < 4.78 is 5.67. The first kappa shape index (κ1) is 18.6. The summed E-state index contributed by atoms with van der Waals surface area (Å²) in [5.41, 5.74) is 3.68. The smallest absolute Gasteiger partial charge is 0.236 e. The molecule has 0 aromatic heterocycles. The van der Waals surface area contributed by atoms with Crippen molar-refractivity contribution in [2.45, 2.75) is 26.0 Å². The van der Waals surface area contributed by atoms with Gasteiger partial charge in [0.1, 0.15) is 0 Å². The van der Waals surface area contributed by atoms with Crippen LogP contribution in [0.2, 0.25) is 0 Å². The molecule has 1 aliphatic rings. The second-order valence-electron chi connectivity index (χ2n) is 6.94. The molecule has 1 unspecified atom stereocenters. The molecule has 1 saturated heterocycles. The number of likely N-dealkylation sites (N-methyl/N-ethyl adjacent to an activating group) is 1. The van der Waals surface area contributed by atoms with E-state index >= 15 is 0 Å². The highest BCUT2D eigenvalue weighted by molar-refractivity contribution is 5.78. The summed E-state index contributed by atoms with van der Waals surface area (Å²) >= 11 is 0. The molecule has 4 nitrogen and oxygen atoms in total. The lowest BCUT2D eigenvalue weighted by Crippen LogP contribution is -2.48. The monoisotopic (exact) mass is 352 g/mol. The fourth-order valence-corrected chi connectivity index (χ4v) is 3.43. The zero-order chi connectivity index (χ0) is 18.4. The Labute approximate surface area is 156 Å². The molecular weight excluding hydrogens is 324 g/mol. The van der Waals surface area contributed by atoms with Gasteiger partial charge in [-0.05, 0) is 30.2 Å². The van der Waals surface area contributed by atoms with Crippen molar-refractivity contribution in [2.75, 3.05) is 33.3 Å². The molecule has 1 amide bonds. The maximum absolute atomic E-state index is 12.6. The van der Waals surface area contributed by atoms with Crippen LogP contribution >= 0.6 is 0 Å². The van der Waals surface area contributed by atoms with Crippen molar-refractivity contribution in [3.63, 3.8) is 0 Å². The standard InChI is InChI=1S/C22H28N2O2/c1-3-20-16-24(13-14-26-20)22(25)17-23(2)15-19-11-7-8-12-21(19)18-9-5-4-6-10-18/h4-12,20H,3,13-17H2,1-2H3. The fraction of sp³-hybridized carbons (Fsp3) is 0.409. The van der Waals surface area contributed by atoms with E-state index in [0.29, 0.717) is 26.2 Å². The van der Waals surface area contributed by atoms with Crippen LogP contribution in [0.5, 0.6) is 0 Å². The van der Waals surface area contributed by atoms with Gasteiger partial charge in [0.2, 0.25) is 5.91 Å². The predicted molar refractivity (Wildman–Crippen MR) is 105 cm³/mol. The maximum atomic E-state index is 12.6. The number of carbonyl (C=O) groups excluding carboxylic acids is 1. The normalized spacial score (nSPS) is 17.5. The highest BCUT2D eigenvalue weighted by Crippen LogP contribution is 2.24. The van der Waals surface area contributed by atoms with Crippen molar-refractivity contribution in [3.8, 4) is 11.1 Å². The van der Waals surface area contributed by atoms with Crippen molar-refractivity contribution < 1.29 is 9.53 Å². The van der Waals surface area contributed by atoms with Crippen molar-refractivity contribution in [1.82, 2.24) is 9.80 Å². The molecule has 0 bridgehead atoms. The Morgan fingerprint density at radius 1 is 1.15 bits per heavy atom. The number of carbonyl (C=O) groups is 1. The van der Waals surface area contributed by atoms with Crippen molar-refractivity contribution in [2.24, 2.45) is 0 Å². The summed E-state index contributed by atoms with van der Waals surface area (Å²) in [7, 11) is 2.01.